The van der Waals surface area contributed by atoms with E-state index < -0.39 is 0 Å². The maximum Gasteiger partial charge on any atom is 0.239 e. The van der Waals surface area contributed by atoms with Crippen LogP contribution in [0.5, 0.6) is 11.5 Å². The minimum Gasteiger partial charge on any atom is -0.497 e. The molecule has 5 heteroatoms. The number of aryl methyl sites for hydroxylation is 2. The Bertz CT molecular complexity index is 649. The van der Waals surface area contributed by atoms with Gasteiger partial charge in [-0.15, -0.1) is 0 Å². The molecule has 0 fully saturated rings. The SMILES string of the molecule is COc1ccc(OCCNC(=O)CNc2c(C)cccc2C)cc1. The number of hydrogen-bond acceptors (Lipinski definition) is 4. The number of methoxy groups -OCH3 is 1. The van der Waals surface area contributed by atoms with Crippen LogP contribution in [-0.2, 0) is 4.79 Å². The zero-order chi connectivity index (χ0) is 17.4. The zero-order valence-electron chi connectivity index (χ0n) is 14.4. The van der Waals surface area contributed by atoms with Gasteiger partial charge in [0.25, 0.3) is 0 Å². The molecular formula is C19H24N2O3. The second-order valence-corrected chi connectivity index (χ2v) is 5.49. The predicted molar refractivity (Wildman–Crippen MR) is 95.9 cm³/mol. The van der Waals surface area contributed by atoms with Gasteiger partial charge in [-0.25, -0.2) is 0 Å². The van der Waals surface area contributed by atoms with Crippen LogP contribution in [0.1, 0.15) is 11.1 Å². The highest BCUT2D eigenvalue weighted by Gasteiger charge is 2.05. The maximum absolute atomic E-state index is 11.9. The van der Waals surface area contributed by atoms with Crippen molar-refractivity contribution in [1.29, 1.82) is 0 Å². The van der Waals surface area contributed by atoms with Crippen LogP contribution in [0.4, 0.5) is 5.69 Å². The van der Waals surface area contributed by atoms with Gasteiger partial charge in [-0.3, -0.25) is 4.79 Å². The number of benzene rings is 2. The first kappa shape index (κ1) is 17.7. The topological polar surface area (TPSA) is 59.6 Å². The second-order valence-electron chi connectivity index (χ2n) is 5.49. The monoisotopic (exact) mass is 328 g/mol. The number of anilines is 1. The highest BCUT2D eigenvalue weighted by atomic mass is 16.5. The Morgan fingerprint density at radius 3 is 2.25 bits per heavy atom. The average Bonchev–Trinajstić information content (AvgIpc) is 2.59. The van der Waals surface area contributed by atoms with Gasteiger partial charge in [0.05, 0.1) is 20.2 Å². The fourth-order valence-corrected chi connectivity index (χ4v) is 2.36. The van der Waals surface area contributed by atoms with Gasteiger partial charge in [0.1, 0.15) is 18.1 Å². The van der Waals surface area contributed by atoms with Crippen LogP contribution in [0.25, 0.3) is 0 Å². The molecule has 0 heterocycles. The molecule has 24 heavy (non-hydrogen) atoms. The van der Waals surface area contributed by atoms with Gasteiger partial charge in [-0.2, -0.15) is 0 Å². The second kappa shape index (κ2) is 8.82. The lowest BCUT2D eigenvalue weighted by Gasteiger charge is -2.13. The van der Waals surface area contributed by atoms with Crippen molar-refractivity contribution in [3.05, 3.63) is 53.6 Å². The molecule has 0 unspecified atom stereocenters. The van der Waals surface area contributed by atoms with Gasteiger partial charge in [-0.05, 0) is 49.2 Å². The molecule has 0 radical (unpaired) electrons. The first-order chi connectivity index (χ1) is 11.6. The largest absolute Gasteiger partial charge is 0.497 e. The van der Waals surface area contributed by atoms with Crippen molar-refractivity contribution in [3.63, 3.8) is 0 Å². The molecule has 0 aliphatic heterocycles. The summed E-state index contributed by atoms with van der Waals surface area (Å²) in [4.78, 5) is 11.9. The predicted octanol–water partition coefficient (Wildman–Crippen LogP) is 2.92. The van der Waals surface area contributed by atoms with Crippen molar-refractivity contribution in [1.82, 2.24) is 5.32 Å². The van der Waals surface area contributed by atoms with Crippen molar-refractivity contribution >= 4 is 11.6 Å². The molecule has 0 bridgehead atoms. The Hall–Kier alpha value is -2.69. The maximum atomic E-state index is 11.9. The first-order valence-electron chi connectivity index (χ1n) is 7.94. The van der Waals surface area contributed by atoms with E-state index in [1.54, 1.807) is 7.11 Å². The van der Waals surface area contributed by atoms with Crippen LogP contribution in [-0.4, -0.2) is 32.7 Å². The molecule has 2 rings (SSSR count). The number of ether oxygens (including phenoxy) is 2. The van der Waals surface area contributed by atoms with E-state index in [4.69, 9.17) is 9.47 Å². The number of hydrogen-bond donors (Lipinski definition) is 2. The minimum atomic E-state index is -0.0593. The van der Waals surface area contributed by atoms with Crippen molar-refractivity contribution in [2.75, 3.05) is 32.1 Å². The molecule has 0 atom stereocenters. The molecule has 5 nitrogen and oxygen atoms in total. The minimum absolute atomic E-state index is 0.0593. The van der Waals surface area contributed by atoms with Crippen molar-refractivity contribution < 1.29 is 14.3 Å². The van der Waals surface area contributed by atoms with Gasteiger partial charge in [-0.1, -0.05) is 18.2 Å². The Kier molecular flexibility index (Phi) is 6.49. The Morgan fingerprint density at radius 1 is 1.00 bits per heavy atom. The van der Waals surface area contributed by atoms with Crippen molar-refractivity contribution in [2.45, 2.75) is 13.8 Å². The van der Waals surface area contributed by atoms with Crippen LogP contribution >= 0.6 is 0 Å². The molecule has 0 aliphatic rings. The Morgan fingerprint density at radius 2 is 1.62 bits per heavy atom. The Labute approximate surface area is 143 Å². The van der Waals surface area contributed by atoms with Crippen LogP contribution in [0.2, 0.25) is 0 Å². The summed E-state index contributed by atoms with van der Waals surface area (Å²) in [7, 11) is 1.62. The lowest BCUT2D eigenvalue weighted by atomic mass is 10.1. The standard InChI is InChI=1S/C19H24N2O3/c1-14-5-4-6-15(2)19(14)21-13-18(22)20-11-12-24-17-9-7-16(23-3)8-10-17/h4-10,21H,11-13H2,1-3H3,(H,20,22). The van der Waals surface area contributed by atoms with Gasteiger partial charge in [0, 0.05) is 5.69 Å². The van der Waals surface area contributed by atoms with Gasteiger partial charge < -0.3 is 20.1 Å². The fraction of sp³-hybridized carbons (Fsp3) is 0.316. The van der Waals surface area contributed by atoms with Gasteiger partial charge >= 0.3 is 0 Å². The third-order valence-corrected chi connectivity index (χ3v) is 3.66. The third kappa shape index (κ3) is 5.19. The molecule has 0 spiro atoms. The van der Waals surface area contributed by atoms with Crippen molar-refractivity contribution in [3.8, 4) is 11.5 Å². The van der Waals surface area contributed by atoms with Crippen LogP contribution in [0.15, 0.2) is 42.5 Å². The molecule has 0 saturated carbocycles. The van der Waals surface area contributed by atoms with Crippen molar-refractivity contribution in [2.24, 2.45) is 0 Å². The molecule has 2 N–H and O–H groups in total. The quantitative estimate of drug-likeness (QED) is 0.732. The van der Waals surface area contributed by atoms with E-state index in [1.165, 1.54) is 0 Å². The molecule has 0 aliphatic carbocycles. The molecule has 0 saturated heterocycles. The lowest BCUT2D eigenvalue weighted by molar-refractivity contribution is -0.119. The summed E-state index contributed by atoms with van der Waals surface area (Å²) >= 11 is 0. The van der Waals surface area contributed by atoms with Crippen LogP contribution in [0.3, 0.4) is 0 Å². The molecule has 2 aromatic carbocycles. The van der Waals surface area contributed by atoms with E-state index in [0.29, 0.717) is 13.2 Å². The molecule has 0 aromatic heterocycles. The summed E-state index contributed by atoms with van der Waals surface area (Å²) in [6.45, 7) is 5.17. The lowest BCUT2D eigenvalue weighted by Crippen LogP contribution is -2.33. The normalized spacial score (nSPS) is 10.1. The first-order valence-corrected chi connectivity index (χ1v) is 7.94. The highest BCUT2D eigenvalue weighted by molar-refractivity contribution is 5.81. The van der Waals surface area contributed by atoms with Crippen LogP contribution in [0, 0.1) is 13.8 Å². The van der Waals surface area contributed by atoms with Gasteiger partial charge in [0.15, 0.2) is 0 Å². The summed E-state index contributed by atoms with van der Waals surface area (Å²) in [5.74, 6) is 1.47. The smallest absolute Gasteiger partial charge is 0.239 e. The number of para-hydroxylation sites is 1. The van der Waals surface area contributed by atoms with E-state index in [0.717, 1.165) is 28.3 Å². The number of carbonyl (C=O) groups is 1. The third-order valence-electron chi connectivity index (χ3n) is 3.66. The summed E-state index contributed by atoms with van der Waals surface area (Å²) < 4.78 is 10.7. The number of rotatable bonds is 8. The summed E-state index contributed by atoms with van der Waals surface area (Å²) in [5.41, 5.74) is 3.28. The number of carbonyl (C=O) groups excluding carboxylic acids is 1. The van der Waals surface area contributed by atoms with E-state index in [1.807, 2.05) is 56.3 Å². The number of nitrogens with one attached hydrogen (secondary N) is 2. The highest BCUT2D eigenvalue weighted by Crippen LogP contribution is 2.19. The zero-order valence-corrected chi connectivity index (χ0v) is 14.4. The molecular weight excluding hydrogens is 304 g/mol. The van der Waals surface area contributed by atoms with E-state index in [9.17, 15) is 4.79 Å². The van der Waals surface area contributed by atoms with Gasteiger partial charge in [0.2, 0.25) is 5.91 Å². The molecule has 1 amide bonds. The van der Waals surface area contributed by atoms with Crippen LogP contribution < -0.4 is 20.1 Å². The van der Waals surface area contributed by atoms with E-state index >= 15 is 0 Å². The molecule has 2 aromatic rings. The van der Waals surface area contributed by atoms with E-state index in [-0.39, 0.29) is 12.5 Å². The number of amides is 1. The summed E-state index contributed by atoms with van der Waals surface area (Å²) in [6.07, 6.45) is 0. The fourth-order valence-electron chi connectivity index (χ4n) is 2.36. The average molecular weight is 328 g/mol. The summed E-state index contributed by atoms with van der Waals surface area (Å²) in [5, 5.41) is 6.02. The Balaban J connectivity index is 1.68. The summed E-state index contributed by atoms with van der Waals surface area (Å²) in [6, 6.07) is 13.4. The van der Waals surface area contributed by atoms with E-state index in [2.05, 4.69) is 10.6 Å². The molecule has 128 valence electrons.